The second-order valence-corrected chi connectivity index (χ2v) is 41.4. The molecule has 0 nitrogen and oxygen atoms in total. The zero-order valence-electron chi connectivity index (χ0n) is 20.1. The van der Waals surface area contributed by atoms with Gasteiger partial charge in [0.1, 0.15) is 0 Å². The first-order valence-electron chi connectivity index (χ1n) is 10.9. The van der Waals surface area contributed by atoms with Gasteiger partial charge in [-0.3, -0.25) is 0 Å². The summed E-state index contributed by atoms with van der Waals surface area (Å²) in [6.45, 7) is 31.7. The first kappa shape index (κ1) is 25.8. The molecule has 1 aliphatic carbocycles. The van der Waals surface area contributed by atoms with Crippen molar-refractivity contribution >= 4 is 49.5 Å². The van der Waals surface area contributed by atoms with Gasteiger partial charge in [-0.2, -0.15) is 0 Å². The number of hydrogen-bond acceptors (Lipinski definition) is 0. The Morgan fingerprint density at radius 3 is 0.808 bits per heavy atom. The van der Waals surface area contributed by atoms with Crippen LogP contribution in [0.3, 0.4) is 0 Å². The Morgan fingerprint density at radius 2 is 0.654 bits per heavy atom. The molecule has 1 fully saturated rings. The third-order valence-corrected chi connectivity index (χ3v) is 38.5. The summed E-state index contributed by atoms with van der Waals surface area (Å²) in [5, 5.41) is 0. The molecule has 1 aliphatic rings. The molecule has 0 radical (unpaired) electrons. The fourth-order valence-corrected chi connectivity index (χ4v) is 39.4. The fraction of sp³-hybridized carbons (Fsp3) is 1.00. The lowest BCUT2D eigenvalue weighted by molar-refractivity contribution is 0.522. The van der Waals surface area contributed by atoms with Crippen molar-refractivity contribution in [2.75, 3.05) is 0 Å². The summed E-state index contributed by atoms with van der Waals surface area (Å²) in [5.41, 5.74) is 2.16. The van der Waals surface area contributed by atoms with Gasteiger partial charge in [-0.1, -0.05) is 78.6 Å². The van der Waals surface area contributed by atoms with Gasteiger partial charge in [0.2, 0.25) is 0 Å². The molecule has 0 aromatic rings. The summed E-state index contributed by atoms with van der Waals surface area (Å²) in [4.78, 5) is 2.27. The first-order chi connectivity index (χ1) is 11.4. The Morgan fingerprint density at radius 1 is 0.462 bits per heavy atom. The van der Waals surface area contributed by atoms with E-state index in [0.717, 1.165) is 21.1 Å². The molecule has 0 saturated heterocycles. The van der Waals surface area contributed by atoms with Crippen LogP contribution in [0.25, 0.3) is 0 Å². The van der Waals surface area contributed by atoms with Crippen molar-refractivity contribution < 1.29 is 0 Å². The molecule has 6 heteroatoms. The van der Waals surface area contributed by atoms with Gasteiger partial charge in [-0.25, -0.2) is 0 Å². The molecule has 0 bridgehead atoms. The molecule has 0 aromatic heterocycles. The van der Waals surface area contributed by atoms with Crippen LogP contribution in [0.2, 0.25) is 78.6 Å². The average Bonchev–Trinajstić information content (AvgIpc) is 2.38. The lowest BCUT2D eigenvalue weighted by atomic mass is 10.00. The third kappa shape index (κ3) is 8.23. The third-order valence-electron chi connectivity index (χ3n) is 6.00. The minimum absolute atomic E-state index is 1.01. The van der Waals surface area contributed by atoms with Crippen molar-refractivity contribution in [3.8, 4) is 0 Å². The van der Waals surface area contributed by atoms with Gasteiger partial charge in [0, 0.05) is 32.3 Å². The molecule has 1 saturated carbocycles. The van der Waals surface area contributed by atoms with Crippen LogP contribution in [0.15, 0.2) is 0 Å². The maximum absolute atomic E-state index is 2.64. The van der Waals surface area contributed by atoms with Gasteiger partial charge in [0.05, 0.1) is 0 Å². The Balaban J connectivity index is 2.67. The molecule has 0 amide bonds. The van der Waals surface area contributed by atoms with Gasteiger partial charge in [0.25, 0.3) is 0 Å². The minimum atomic E-state index is -1.01. The van der Waals surface area contributed by atoms with Crippen LogP contribution in [-0.2, 0) is 0 Å². The van der Waals surface area contributed by atoms with Crippen LogP contribution >= 0.6 is 17.2 Å². The second-order valence-electron chi connectivity index (χ2n) is 13.2. The molecule has 0 spiro atoms. The summed E-state index contributed by atoms with van der Waals surface area (Å²) in [5.74, 6) is 0. The van der Waals surface area contributed by atoms with E-state index in [9.17, 15) is 0 Å². The number of hydrogen-bond donors (Lipinski definition) is 0. The van der Waals surface area contributed by atoms with E-state index in [1.54, 1.807) is 25.7 Å². The monoisotopic (exact) mass is 464 g/mol. The Bertz CT molecular complexity index is 363. The minimum Gasteiger partial charge on any atom is -0.121 e. The molecule has 2 unspecified atom stereocenters. The van der Waals surface area contributed by atoms with Crippen molar-refractivity contribution in [1.29, 1.82) is 0 Å². The van der Waals surface area contributed by atoms with Gasteiger partial charge in [0.15, 0.2) is 0 Å². The molecule has 0 aromatic carbocycles. The van der Waals surface area contributed by atoms with E-state index in [-0.39, 0.29) is 0 Å². The Kier molecular flexibility index (Phi) is 9.17. The zero-order valence-corrected chi connectivity index (χ0v) is 26.1. The largest absolute Gasteiger partial charge is 0.121 e. The SMILES string of the molecule is C[Si](C)(C)C(PC1CCC(PC([Si](C)(C)C)[Si](C)(C)C)CC1)[Si](C)(C)C. The quantitative estimate of drug-likeness (QED) is 0.253. The van der Waals surface area contributed by atoms with Crippen molar-refractivity contribution in [3.05, 3.63) is 0 Å². The molecular weight excluding hydrogens is 415 g/mol. The molecule has 156 valence electrons. The van der Waals surface area contributed by atoms with Gasteiger partial charge >= 0.3 is 0 Å². The molecule has 0 aliphatic heterocycles. The van der Waals surface area contributed by atoms with Crippen LogP contribution in [-0.4, -0.2) is 53.4 Å². The highest BCUT2D eigenvalue weighted by molar-refractivity contribution is 7.50. The highest BCUT2D eigenvalue weighted by atomic mass is 31.1. The van der Waals surface area contributed by atoms with Gasteiger partial charge < -0.3 is 0 Å². The van der Waals surface area contributed by atoms with Crippen LogP contribution in [0, 0.1) is 0 Å². The molecular formula is C20H50P2Si4. The van der Waals surface area contributed by atoms with E-state index >= 15 is 0 Å². The molecule has 1 rings (SSSR count). The van der Waals surface area contributed by atoms with E-state index in [4.69, 9.17) is 0 Å². The van der Waals surface area contributed by atoms with Gasteiger partial charge in [-0.15, -0.1) is 17.2 Å². The predicted octanol–water partition coefficient (Wildman–Crippen LogP) is 7.90. The predicted molar refractivity (Wildman–Crippen MR) is 144 cm³/mol. The lowest BCUT2D eigenvalue weighted by Gasteiger charge is -2.44. The first-order valence-corrected chi connectivity index (χ1v) is 27.6. The summed E-state index contributed by atoms with van der Waals surface area (Å²) in [7, 11) is -1.48. The zero-order chi connectivity index (χ0) is 20.6. The van der Waals surface area contributed by atoms with E-state index < -0.39 is 32.3 Å². The van der Waals surface area contributed by atoms with Crippen LogP contribution in [0.1, 0.15) is 25.7 Å². The lowest BCUT2D eigenvalue weighted by Crippen LogP contribution is -2.52. The summed E-state index contributed by atoms with van der Waals surface area (Å²) in [6.07, 6.45) is 6.24. The topological polar surface area (TPSA) is 0 Å². The maximum atomic E-state index is 2.64. The smallest absolute Gasteiger partial charge is 0.0488 e. The van der Waals surface area contributed by atoms with Crippen LogP contribution in [0.5, 0.6) is 0 Å². The van der Waals surface area contributed by atoms with E-state index in [2.05, 4.69) is 78.6 Å². The van der Waals surface area contributed by atoms with Crippen molar-refractivity contribution in [3.63, 3.8) is 0 Å². The van der Waals surface area contributed by atoms with Crippen molar-refractivity contribution in [2.45, 2.75) is 125 Å². The fourth-order valence-electron chi connectivity index (χ4n) is 5.50. The van der Waals surface area contributed by atoms with Crippen LogP contribution in [0.4, 0.5) is 0 Å². The van der Waals surface area contributed by atoms with E-state index in [1.807, 2.05) is 0 Å². The summed E-state index contributed by atoms with van der Waals surface area (Å²) < 4.78 is 0. The maximum Gasteiger partial charge on any atom is 0.0488 e. The van der Waals surface area contributed by atoms with Crippen LogP contribution < -0.4 is 0 Å². The van der Waals surface area contributed by atoms with Crippen molar-refractivity contribution in [1.82, 2.24) is 0 Å². The Hall–Kier alpha value is 1.73. The standard InChI is InChI=1S/C20H50P2Si4/c1-23(2,3)19(24(4,5)6)21-17-13-15-18(16-14-17)22-20(25(7,8)9)26(10,11)12/h17-22H,13-16H2,1-12H3. The Labute approximate surface area is 174 Å². The highest BCUT2D eigenvalue weighted by Gasteiger charge is 2.41. The number of rotatable bonds is 8. The average molecular weight is 465 g/mol. The van der Waals surface area contributed by atoms with Crippen molar-refractivity contribution in [2.24, 2.45) is 0 Å². The molecule has 26 heavy (non-hydrogen) atoms. The summed E-state index contributed by atoms with van der Waals surface area (Å²) in [6, 6.07) is 0. The van der Waals surface area contributed by atoms with E-state index in [0.29, 0.717) is 0 Å². The molecule has 0 N–H and O–H groups in total. The summed E-state index contributed by atoms with van der Waals surface area (Å²) >= 11 is 0. The normalized spacial score (nSPS) is 24.7. The molecule has 2 atom stereocenters. The van der Waals surface area contributed by atoms with E-state index in [1.165, 1.54) is 17.2 Å². The second kappa shape index (κ2) is 9.25. The molecule has 0 heterocycles. The highest BCUT2D eigenvalue weighted by Crippen LogP contribution is 2.48. The van der Waals surface area contributed by atoms with Gasteiger partial charge in [-0.05, 0) is 46.8 Å².